The van der Waals surface area contributed by atoms with E-state index in [9.17, 15) is 4.79 Å². The van der Waals surface area contributed by atoms with Crippen molar-refractivity contribution in [2.24, 2.45) is 0 Å². The summed E-state index contributed by atoms with van der Waals surface area (Å²) in [7, 11) is 1.43. The predicted molar refractivity (Wildman–Crippen MR) is 57.7 cm³/mol. The molecule has 1 saturated heterocycles. The first-order valence-electron chi connectivity index (χ1n) is 5.67. The van der Waals surface area contributed by atoms with E-state index >= 15 is 0 Å². The number of carbonyl (C=O) groups excluding carboxylic acids is 1. The molecule has 4 nitrogen and oxygen atoms in total. The van der Waals surface area contributed by atoms with E-state index in [4.69, 9.17) is 4.74 Å². The minimum absolute atomic E-state index is 0.138. The Morgan fingerprint density at radius 1 is 1.60 bits per heavy atom. The molecule has 1 aliphatic rings. The summed E-state index contributed by atoms with van der Waals surface area (Å²) in [5.41, 5.74) is 0. The van der Waals surface area contributed by atoms with Crippen LogP contribution >= 0.6 is 0 Å². The molecule has 1 fully saturated rings. The zero-order valence-corrected chi connectivity index (χ0v) is 9.70. The van der Waals surface area contributed by atoms with Crippen molar-refractivity contribution >= 4 is 5.97 Å². The molecule has 0 aromatic rings. The monoisotopic (exact) mass is 215 g/mol. The highest BCUT2D eigenvalue weighted by Gasteiger charge is 2.18. The van der Waals surface area contributed by atoms with Gasteiger partial charge in [-0.05, 0) is 19.4 Å². The molecule has 88 valence electrons. The Hall–Kier alpha value is -0.610. The molecular weight excluding hydrogens is 194 g/mol. The first-order chi connectivity index (χ1) is 7.26. The van der Waals surface area contributed by atoms with Crippen molar-refractivity contribution in [3.8, 4) is 0 Å². The number of methoxy groups -OCH3 is 1. The van der Waals surface area contributed by atoms with Gasteiger partial charge in [0.25, 0.3) is 0 Å². The topological polar surface area (TPSA) is 38.8 Å². The van der Waals surface area contributed by atoms with Gasteiger partial charge < -0.3 is 14.4 Å². The van der Waals surface area contributed by atoms with Gasteiger partial charge in [0.05, 0.1) is 19.6 Å². The van der Waals surface area contributed by atoms with Crippen LogP contribution in [0.4, 0.5) is 0 Å². The Balaban J connectivity index is 2.19. The van der Waals surface area contributed by atoms with Gasteiger partial charge >= 0.3 is 5.97 Å². The second kappa shape index (κ2) is 6.80. The molecule has 0 amide bonds. The number of ether oxygens (including phenoxy) is 2. The number of likely N-dealkylation sites (N-methyl/N-ethyl adjacent to an activating group) is 1. The van der Waals surface area contributed by atoms with Crippen LogP contribution in [0.2, 0.25) is 0 Å². The molecule has 0 radical (unpaired) electrons. The Morgan fingerprint density at radius 2 is 2.40 bits per heavy atom. The van der Waals surface area contributed by atoms with Crippen LogP contribution in [0.25, 0.3) is 0 Å². The van der Waals surface area contributed by atoms with E-state index < -0.39 is 0 Å². The first-order valence-corrected chi connectivity index (χ1v) is 5.67. The van der Waals surface area contributed by atoms with Crippen LogP contribution in [0.15, 0.2) is 0 Å². The maximum absolute atomic E-state index is 11.0. The SMILES string of the molecule is CCN(CCC(=O)OC)CC1CCCO1. The smallest absolute Gasteiger partial charge is 0.306 e. The normalized spacial score (nSPS) is 20.9. The van der Waals surface area contributed by atoms with Crippen LogP contribution in [-0.4, -0.2) is 50.3 Å². The van der Waals surface area contributed by atoms with E-state index in [2.05, 4.69) is 16.6 Å². The highest BCUT2D eigenvalue weighted by Crippen LogP contribution is 2.13. The summed E-state index contributed by atoms with van der Waals surface area (Å²) in [6.07, 6.45) is 3.15. The second-order valence-electron chi connectivity index (χ2n) is 3.85. The summed E-state index contributed by atoms with van der Waals surface area (Å²) >= 11 is 0. The number of esters is 1. The van der Waals surface area contributed by atoms with Gasteiger partial charge in [0.15, 0.2) is 0 Å². The highest BCUT2D eigenvalue weighted by molar-refractivity contribution is 5.69. The standard InChI is InChI=1S/C11H21NO3/c1-3-12(7-6-11(13)14-2)9-10-5-4-8-15-10/h10H,3-9H2,1-2H3. The Labute approximate surface area is 91.5 Å². The van der Waals surface area contributed by atoms with Crippen molar-refractivity contribution in [2.75, 3.05) is 33.4 Å². The number of rotatable bonds is 6. The van der Waals surface area contributed by atoms with Gasteiger partial charge in [-0.15, -0.1) is 0 Å². The Kier molecular flexibility index (Phi) is 5.65. The van der Waals surface area contributed by atoms with Gasteiger partial charge in [0.2, 0.25) is 0 Å². The number of hydrogen-bond donors (Lipinski definition) is 0. The van der Waals surface area contributed by atoms with Gasteiger partial charge in [-0.3, -0.25) is 4.79 Å². The molecule has 1 atom stereocenters. The van der Waals surface area contributed by atoms with Crippen LogP contribution in [0.5, 0.6) is 0 Å². The van der Waals surface area contributed by atoms with Crippen molar-refractivity contribution in [3.05, 3.63) is 0 Å². The van der Waals surface area contributed by atoms with E-state index in [0.29, 0.717) is 12.5 Å². The first kappa shape index (κ1) is 12.5. The van der Waals surface area contributed by atoms with Crippen molar-refractivity contribution in [1.82, 2.24) is 4.90 Å². The van der Waals surface area contributed by atoms with Crippen LogP contribution < -0.4 is 0 Å². The third-order valence-electron chi connectivity index (χ3n) is 2.79. The molecule has 4 heteroatoms. The van der Waals surface area contributed by atoms with Crippen molar-refractivity contribution in [2.45, 2.75) is 32.3 Å². The summed E-state index contributed by atoms with van der Waals surface area (Å²) < 4.78 is 10.2. The Morgan fingerprint density at radius 3 is 2.93 bits per heavy atom. The van der Waals surface area contributed by atoms with E-state index in [-0.39, 0.29) is 5.97 Å². The molecule has 0 N–H and O–H groups in total. The summed E-state index contributed by atoms with van der Waals surface area (Å²) in [6.45, 7) is 5.65. The van der Waals surface area contributed by atoms with E-state index in [0.717, 1.165) is 32.7 Å². The lowest BCUT2D eigenvalue weighted by molar-refractivity contribution is -0.141. The second-order valence-corrected chi connectivity index (χ2v) is 3.85. The molecule has 0 saturated carbocycles. The number of nitrogens with zero attached hydrogens (tertiary/aromatic N) is 1. The summed E-state index contributed by atoms with van der Waals surface area (Å²) in [4.78, 5) is 13.2. The molecule has 1 unspecified atom stereocenters. The van der Waals surface area contributed by atoms with Crippen molar-refractivity contribution in [3.63, 3.8) is 0 Å². The maximum Gasteiger partial charge on any atom is 0.306 e. The molecule has 0 aliphatic carbocycles. The summed E-state index contributed by atoms with van der Waals surface area (Å²) in [5.74, 6) is -0.138. The number of hydrogen-bond acceptors (Lipinski definition) is 4. The van der Waals surface area contributed by atoms with Crippen molar-refractivity contribution in [1.29, 1.82) is 0 Å². The molecule has 1 heterocycles. The largest absolute Gasteiger partial charge is 0.469 e. The molecule has 0 spiro atoms. The lowest BCUT2D eigenvalue weighted by atomic mass is 10.2. The molecule has 15 heavy (non-hydrogen) atoms. The van der Waals surface area contributed by atoms with Gasteiger partial charge in [0, 0.05) is 19.7 Å². The number of carbonyl (C=O) groups is 1. The lowest BCUT2D eigenvalue weighted by Gasteiger charge is -2.22. The molecule has 0 bridgehead atoms. The summed E-state index contributed by atoms with van der Waals surface area (Å²) in [6, 6.07) is 0. The lowest BCUT2D eigenvalue weighted by Crippen LogP contribution is -2.33. The minimum Gasteiger partial charge on any atom is -0.469 e. The van der Waals surface area contributed by atoms with E-state index in [1.165, 1.54) is 13.5 Å². The molecule has 1 rings (SSSR count). The van der Waals surface area contributed by atoms with Crippen LogP contribution in [0.3, 0.4) is 0 Å². The molecular formula is C11H21NO3. The fourth-order valence-corrected chi connectivity index (χ4v) is 1.81. The average molecular weight is 215 g/mol. The molecule has 1 aliphatic heterocycles. The highest BCUT2D eigenvalue weighted by atomic mass is 16.5. The van der Waals surface area contributed by atoms with Crippen molar-refractivity contribution < 1.29 is 14.3 Å². The Bertz CT molecular complexity index is 190. The van der Waals surface area contributed by atoms with Crippen LogP contribution in [0.1, 0.15) is 26.2 Å². The third kappa shape index (κ3) is 4.62. The van der Waals surface area contributed by atoms with E-state index in [1.807, 2.05) is 0 Å². The van der Waals surface area contributed by atoms with Gasteiger partial charge in [0.1, 0.15) is 0 Å². The van der Waals surface area contributed by atoms with E-state index in [1.54, 1.807) is 0 Å². The summed E-state index contributed by atoms with van der Waals surface area (Å²) in [5, 5.41) is 0. The van der Waals surface area contributed by atoms with Crippen LogP contribution in [-0.2, 0) is 14.3 Å². The van der Waals surface area contributed by atoms with Gasteiger partial charge in [-0.25, -0.2) is 0 Å². The minimum atomic E-state index is -0.138. The quantitative estimate of drug-likeness (QED) is 0.621. The zero-order chi connectivity index (χ0) is 11.1. The molecule has 0 aromatic heterocycles. The average Bonchev–Trinajstić information content (AvgIpc) is 2.76. The van der Waals surface area contributed by atoms with Crippen LogP contribution in [0, 0.1) is 0 Å². The zero-order valence-electron chi connectivity index (χ0n) is 9.70. The molecule has 0 aromatic carbocycles. The van der Waals surface area contributed by atoms with Gasteiger partial charge in [-0.1, -0.05) is 6.92 Å². The fraction of sp³-hybridized carbons (Fsp3) is 0.909. The predicted octanol–water partition coefficient (Wildman–Crippen LogP) is 1.05. The fourth-order valence-electron chi connectivity index (χ4n) is 1.81. The van der Waals surface area contributed by atoms with Gasteiger partial charge in [-0.2, -0.15) is 0 Å². The third-order valence-corrected chi connectivity index (χ3v) is 2.79. The maximum atomic E-state index is 11.0.